The first-order valence-corrected chi connectivity index (χ1v) is 13.3. The minimum Gasteiger partial charge on any atom is -0.485 e. The van der Waals surface area contributed by atoms with E-state index >= 15 is 0 Å². The van der Waals surface area contributed by atoms with Gasteiger partial charge in [-0.25, -0.2) is 0 Å². The molecule has 2 aromatic carbocycles. The number of aliphatic hydroxyl groups is 1. The number of hydrogen-bond donors (Lipinski definition) is 1. The zero-order valence-corrected chi connectivity index (χ0v) is 21.1. The fourth-order valence-corrected chi connectivity index (χ4v) is 7.45. The van der Waals surface area contributed by atoms with E-state index < -0.39 is 17.1 Å². The highest BCUT2D eigenvalue weighted by molar-refractivity contribution is 6.03. The molecule has 0 radical (unpaired) electrons. The normalized spacial score (nSPS) is 33.3. The summed E-state index contributed by atoms with van der Waals surface area (Å²) in [6.45, 7) is 2.35. The SMILES string of the molecule is CN(C)C=C1C[C@@]2(O)[C@H]3Cc4ccc(OCc5ccccc5)c5c4[C@@]2(CCN3CC2CC2)C(O5)C1=O. The van der Waals surface area contributed by atoms with Crippen LogP contribution in [0.2, 0.25) is 0 Å². The van der Waals surface area contributed by atoms with Crippen LogP contribution in [0.25, 0.3) is 0 Å². The molecule has 1 unspecified atom stereocenters. The number of piperidine rings is 1. The molecule has 2 saturated carbocycles. The van der Waals surface area contributed by atoms with E-state index in [2.05, 4.69) is 11.0 Å². The summed E-state index contributed by atoms with van der Waals surface area (Å²) in [4.78, 5) is 18.3. The Hall–Kier alpha value is -2.83. The van der Waals surface area contributed by atoms with Crippen LogP contribution in [0.5, 0.6) is 11.5 Å². The van der Waals surface area contributed by atoms with Crippen LogP contribution in [0.4, 0.5) is 0 Å². The molecule has 1 N–H and O–H groups in total. The van der Waals surface area contributed by atoms with E-state index in [0.717, 1.165) is 43.0 Å². The average molecular weight is 487 g/mol. The maximum absolute atomic E-state index is 13.9. The van der Waals surface area contributed by atoms with E-state index in [1.54, 1.807) is 0 Å². The standard InChI is InChI=1S/C30H34N2O4/c1-31(2)17-22-15-30(34)24-14-21-10-11-23(35-18-20-6-4-3-5-7-20)27-25(21)29(30,28(36-27)26(22)33)12-13-32(24)16-19-8-9-19/h3-7,10-11,17,19,24,28,34H,8-9,12-16,18H2,1-2H3/t24-,28?,29+,30-/m1/s1. The molecular formula is C30H34N2O4. The van der Waals surface area contributed by atoms with E-state index in [9.17, 15) is 9.90 Å². The molecule has 1 spiro atoms. The van der Waals surface area contributed by atoms with Crippen LogP contribution in [0.1, 0.15) is 42.4 Å². The third-order valence-corrected chi connectivity index (χ3v) is 9.16. The van der Waals surface area contributed by atoms with Crippen LogP contribution in [0.15, 0.2) is 54.2 Å². The molecule has 3 fully saturated rings. The van der Waals surface area contributed by atoms with E-state index in [0.29, 0.717) is 30.1 Å². The molecule has 5 aliphatic rings. The number of hydrogen-bond acceptors (Lipinski definition) is 6. The smallest absolute Gasteiger partial charge is 0.201 e. The van der Waals surface area contributed by atoms with Gasteiger partial charge in [0.1, 0.15) is 6.61 Å². The van der Waals surface area contributed by atoms with Gasteiger partial charge < -0.3 is 19.5 Å². The second kappa shape index (κ2) is 7.83. The zero-order chi connectivity index (χ0) is 24.7. The number of nitrogens with zero attached hydrogens (tertiary/aromatic N) is 2. The van der Waals surface area contributed by atoms with Crippen molar-refractivity contribution < 1.29 is 19.4 Å². The van der Waals surface area contributed by atoms with Crippen molar-refractivity contribution in [3.8, 4) is 11.5 Å². The Kier molecular flexibility index (Phi) is 4.87. The molecular weight excluding hydrogens is 452 g/mol. The second-order valence-corrected chi connectivity index (χ2v) is 11.7. The summed E-state index contributed by atoms with van der Waals surface area (Å²) in [5.41, 5.74) is 2.17. The Bertz CT molecular complexity index is 1250. The number of carbonyl (C=O) groups excluding carboxylic acids is 1. The molecule has 4 atom stereocenters. The Morgan fingerprint density at radius 2 is 2.00 bits per heavy atom. The Morgan fingerprint density at radius 1 is 1.19 bits per heavy atom. The topological polar surface area (TPSA) is 62.2 Å². The quantitative estimate of drug-likeness (QED) is 0.631. The molecule has 6 heteroatoms. The number of rotatable bonds is 6. The van der Waals surface area contributed by atoms with Crippen molar-refractivity contribution in [3.05, 3.63) is 70.9 Å². The van der Waals surface area contributed by atoms with Gasteiger partial charge in [0.05, 0.1) is 11.0 Å². The van der Waals surface area contributed by atoms with Crippen LogP contribution in [-0.4, -0.2) is 65.6 Å². The van der Waals surface area contributed by atoms with Crippen LogP contribution >= 0.6 is 0 Å². The molecule has 2 bridgehead atoms. The van der Waals surface area contributed by atoms with Crippen molar-refractivity contribution in [2.75, 3.05) is 27.2 Å². The van der Waals surface area contributed by atoms with Gasteiger partial charge in [0.15, 0.2) is 17.6 Å². The lowest BCUT2D eigenvalue weighted by Gasteiger charge is -2.62. The first kappa shape index (κ1) is 22.4. The number of ketones is 1. The lowest BCUT2D eigenvalue weighted by molar-refractivity contribution is -0.180. The summed E-state index contributed by atoms with van der Waals surface area (Å²) >= 11 is 0. The second-order valence-electron chi connectivity index (χ2n) is 11.7. The fourth-order valence-electron chi connectivity index (χ4n) is 7.45. The van der Waals surface area contributed by atoms with Crippen molar-refractivity contribution >= 4 is 5.78 Å². The maximum Gasteiger partial charge on any atom is 0.201 e. The molecule has 188 valence electrons. The molecule has 3 aliphatic carbocycles. The van der Waals surface area contributed by atoms with Crippen molar-refractivity contribution in [1.82, 2.24) is 9.80 Å². The molecule has 2 aliphatic heterocycles. The molecule has 0 aromatic heterocycles. The maximum atomic E-state index is 13.9. The number of ether oxygens (including phenoxy) is 2. The predicted octanol–water partition coefficient (Wildman–Crippen LogP) is 3.45. The Labute approximate surface area is 212 Å². The van der Waals surface area contributed by atoms with Crippen molar-refractivity contribution in [3.63, 3.8) is 0 Å². The first-order chi connectivity index (χ1) is 17.4. The fraction of sp³-hybridized carbons (Fsp3) is 0.500. The van der Waals surface area contributed by atoms with Crippen molar-refractivity contribution in [1.29, 1.82) is 0 Å². The van der Waals surface area contributed by atoms with Crippen LogP contribution in [-0.2, 0) is 23.2 Å². The summed E-state index contributed by atoms with van der Waals surface area (Å²) in [6.07, 6.45) is 5.58. The summed E-state index contributed by atoms with van der Waals surface area (Å²) in [6, 6.07) is 14.2. The van der Waals surface area contributed by atoms with E-state index in [4.69, 9.17) is 9.47 Å². The summed E-state index contributed by atoms with van der Waals surface area (Å²) < 4.78 is 12.9. The van der Waals surface area contributed by atoms with Gasteiger partial charge >= 0.3 is 0 Å². The van der Waals surface area contributed by atoms with Gasteiger partial charge in [-0.15, -0.1) is 0 Å². The number of likely N-dealkylation sites (tertiary alicyclic amines) is 1. The first-order valence-electron chi connectivity index (χ1n) is 13.3. The third kappa shape index (κ3) is 3.07. The highest BCUT2D eigenvalue weighted by Gasteiger charge is 2.74. The van der Waals surface area contributed by atoms with Crippen molar-refractivity contribution in [2.24, 2.45) is 5.92 Å². The van der Waals surface area contributed by atoms with Gasteiger partial charge in [-0.2, -0.15) is 0 Å². The van der Waals surface area contributed by atoms with Gasteiger partial charge in [0.2, 0.25) is 5.78 Å². The molecule has 1 saturated heterocycles. The van der Waals surface area contributed by atoms with Crippen LogP contribution in [0, 0.1) is 5.92 Å². The highest BCUT2D eigenvalue weighted by atomic mass is 16.5. The number of Topliss-reactive ketones (excluding diaryl/α,β-unsaturated/α-hetero) is 1. The molecule has 2 aromatic rings. The number of carbonyl (C=O) groups is 1. The lowest BCUT2D eigenvalue weighted by Crippen LogP contribution is -2.77. The monoisotopic (exact) mass is 486 g/mol. The minimum absolute atomic E-state index is 0.000766. The molecule has 6 nitrogen and oxygen atoms in total. The molecule has 36 heavy (non-hydrogen) atoms. The molecule has 2 heterocycles. The zero-order valence-electron chi connectivity index (χ0n) is 21.1. The largest absolute Gasteiger partial charge is 0.485 e. The predicted molar refractivity (Wildman–Crippen MR) is 136 cm³/mol. The molecule has 7 rings (SSSR count). The summed E-state index contributed by atoms with van der Waals surface area (Å²) in [5.74, 6) is 2.07. The average Bonchev–Trinajstić information content (AvgIpc) is 3.60. The van der Waals surface area contributed by atoms with Gasteiger partial charge in [-0.05, 0) is 55.3 Å². The van der Waals surface area contributed by atoms with E-state index in [1.807, 2.05) is 61.6 Å². The van der Waals surface area contributed by atoms with Crippen LogP contribution in [0.3, 0.4) is 0 Å². The molecule has 0 amide bonds. The van der Waals surface area contributed by atoms with Gasteiger partial charge in [-0.3, -0.25) is 9.69 Å². The lowest BCUT2D eigenvalue weighted by atomic mass is 9.48. The van der Waals surface area contributed by atoms with Gasteiger partial charge in [-0.1, -0.05) is 36.4 Å². The third-order valence-electron chi connectivity index (χ3n) is 9.16. The summed E-state index contributed by atoms with van der Waals surface area (Å²) in [7, 11) is 3.85. The number of benzene rings is 2. The van der Waals surface area contributed by atoms with Crippen LogP contribution < -0.4 is 9.47 Å². The van der Waals surface area contributed by atoms with E-state index in [-0.39, 0.29) is 11.8 Å². The highest BCUT2D eigenvalue weighted by Crippen LogP contribution is 2.65. The van der Waals surface area contributed by atoms with E-state index in [1.165, 1.54) is 18.4 Å². The van der Waals surface area contributed by atoms with Gasteiger partial charge in [0, 0.05) is 50.4 Å². The van der Waals surface area contributed by atoms with Crippen molar-refractivity contribution in [2.45, 2.75) is 61.9 Å². The minimum atomic E-state index is -1.06. The Balaban J connectivity index is 1.35. The van der Waals surface area contributed by atoms with Gasteiger partial charge in [0.25, 0.3) is 0 Å². The Morgan fingerprint density at radius 3 is 2.75 bits per heavy atom. The summed E-state index contributed by atoms with van der Waals surface area (Å²) in [5, 5.41) is 12.7.